The van der Waals surface area contributed by atoms with Crippen LogP contribution in [0.2, 0.25) is 0 Å². The Bertz CT molecular complexity index is 445. The summed E-state index contributed by atoms with van der Waals surface area (Å²) < 4.78 is 0. The maximum Gasteiger partial charge on any atom is 0.0233 e. The highest BCUT2D eigenvalue weighted by Gasteiger charge is 2.22. The van der Waals surface area contributed by atoms with Gasteiger partial charge in [0.15, 0.2) is 0 Å². The highest BCUT2D eigenvalue weighted by atomic mass is 15.1. The first kappa shape index (κ1) is 17.9. The number of nitrogens with zero attached hydrogens (tertiary/aromatic N) is 1. The molecule has 3 rings (SSSR count). The van der Waals surface area contributed by atoms with Crippen LogP contribution in [0, 0.1) is 0 Å². The average Bonchev–Trinajstić information content (AvgIpc) is 2.86. The van der Waals surface area contributed by atoms with Crippen molar-refractivity contribution < 1.29 is 0 Å². The van der Waals surface area contributed by atoms with E-state index in [0.717, 1.165) is 12.6 Å². The SMILES string of the molecule is CC(CC1CCCCCN1)NC1CCN(Cc2ccccc2)CC1. The van der Waals surface area contributed by atoms with E-state index in [1.165, 1.54) is 70.1 Å². The molecule has 0 aliphatic carbocycles. The summed E-state index contributed by atoms with van der Waals surface area (Å²) in [6, 6.07) is 12.9. The topological polar surface area (TPSA) is 27.3 Å². The van der Waals surface area contributed by atoms with E-state index in [4.69, 9.17) is 0 Å². The molecule has 0 radical (unpaired) electrons. The van der Waals surface area contributed by atoms with Gasteiger partial charge in [0.2, 0.25) is 0 Å². The second-order valence-corrected chi connectivity index (χ2v) is 7.84. The van der Waals surface area contributed by atoms with Crippen molar-refractivity contribution in [2.45, 2.75) is 76.5 Å². The molecule has 0 amide bonds. The second kappa shape index (κ2) is 9.55. The third kappa shape index (κ3) is 5.87. The molecule has 24 heavy (non-hydrogen) atoms. The Balaban J connectivity index is 1.35. The third-order valence-electron chi connectivity index (χ3n) is 5.66. The standard InChI is InChI=1S/C21H35N3/c1-18(16-21-10-6-3-7-13-22-21)23-20-11-14-24(15-12-20)17-19-8-4-2-5-9-19/h2,4-5,8-9,18,20-23H,3,6-7,10-17H2,1H3. The first-order chi connectivity index (χ1) is 11.8. The monoisotopic (exact) mass is 329 g/mol. The average molecular weight is 330 g/mol. The summed E-state index contributed by atoms with van der Waals surface area (Å²) in [5.74, 6) is 0. The van der Waals surface area contributed by atoms with Gasteiger partial charge in [-0.3, -0.25) is 4.90 Å². The summed E-state index contributed by atoms with van der Waals surface area (Å²) in [5, 5.41) is 7.64. The van der Waals surface area contributed by atoms with Crippen LogP contribution in [0.15, 0.2) is 30.3 Å². The Morgan fingerprint density at radius 1 is 1.08 bits per heavy atom. The van der Waals surface area contributed by atoms with Crippen molar-refractivity contribution in [3.05, 3.63) is 35.9 Å². The van der Waals surface area contributed by atoms with Crippen molar-refractivity contribution >= 4 is 0 Å². The fourth-order valence-corrected chi connectivity index (χ4v) is 4.30. The lowest BCUT2D eigenvalue weighted by Crippen LogP contribution is -2.46. The van der Waals surface area contributed by atoms with Crippen LogP contribution in [-0.4, -0.2) is 42.7 Å². The van der Waals surface area contributed by atoms with Gasteiger partial charge in [0.05, 0.1) is 0 Å². The zero-order chi connectivity index (χ0) is 16.6. The smallest absolute Gasteiger partial charge is 0.0233 e. The van der Waals surface area contributed by atoms with Crippen LogP contribution in [0.25, 0.3) is 0 Å². The predicted molar refractivity (Wildman–Crippen MR) is 102 cm³/mol. The number of rotatable bonds is 6. The number of nitrogens with one attached hydrogen (secondary N) is 2. The highest BCUT2D eigenvalue weighted by molar-refractivity contribution is 5.14. The van der Waals surface area contributed by atoms with Crippen molar-refractivity contribution in [3.8, 4) is 0 Å². The zero-order valence-electron chi connectivity index (χ0n) is 15.3. The van der Waals surface area contributed by atoms with E-state index in [1.54, 1.807) is 0 Å². The maximum atomic E-state index is 3.90. The van der Waals surface area contributed by atoms with E-state index >= 15 is 0 Å². The van der Waals surface area contributed by atoms with Gasteiger partial charge < -0.3 is 10.6 Å². The van der Waals surface area contributed by atoms with E-state index in [0.29, 0.717) is 12.1 Å². The quantitative estimate of drug-likeness (QED) is 0.836. The Kier molecular flexibility index (Phi) is 7.13. The van der Waals surface area contributed by atoms with Crippen LogP contribution in [0.1, 0.15) is 57.4 Å². The Hall–Kier alpha value is -0.900. The molecular weight excluding hydrogens is 294 g/mol. The maximum absolute atomic E-state index is 3.90. The Labute approximate surface area is 148 Å². The molecule has 1 aromatic carbocycles. The lowest BCUT2D eigenvalue weighted by molar-refractivity contribution is 0.182. The summed E-state index contributed by atoms with van der Waals surface area (Å²) in [4.78, 5) is 2.60. The van der Waals surface area contributed by atoms with Gasteiger partial charge in [-0.05, 0) is 64.2 Å². The van der Waals surface area contributed by atoms with E-state index < -0.39 is 0 Å². The molecule has 3 heteroatoms. The van der Waals surface area contributed by atoms with E-state index in [2.05, 4.69) is 52.8 Å². The van der Waals surface area contributed by atoms with Gasteiger partial charge in [0.25, 0.3) is 0 Å². The minimum atomic E-state index is 0.631. The summed E-state index contributed by atoms with van der Waals surface area (Å²) in [6.07, 6.45) is 9.39. The van der Waals surface area contributed by atoms with Crippen LogP contribution in [0.5, 0.6) is 0 Å². The molecule has 2 unspecified atom stereocenters. The van der Waals surface area contributed by atoms with E-state index in [1.807, 2.05) is 0 Å². The number of hydrogen-bond donors (Lipinski definition) is 2. The van der Waals surface area contributed by atoms with Crippen molar-refractivity contribution in [2.75, 3.05) is 19.6 Å². The first-order valence-electron chi connectivity index (χ1n) is 10.1. The second-order valence-electron chi connectivity index (χ2n) is 7.84. The molecule has 2 fully saturated rings. The molecular formula is C21H35N3. The zero-order valence-corrected chi connectivity index (χ0v) is 15.3. The molecule has 134 valence electrons. The van der Waals surface area contributed by atoms with Crippen molar-refractivity contribution in [1.82, 2.24) is 15.5 Å². The third-order valence-corrected chi connectivity index (χ3v) is 5.66. The minimum Gasteiger partial charge on any atom is -0.314 e. The van der Waals surface area contributed by atoms with Crippen molar-refractivity contribution in [2.24, 2.45) is 0 Å². The lowest BCUT2D eigenvalue weighted by Gasteiger charge is -2.34. The van der Waals surface area contributed by atoms with Gasteiger partial charge in [-0.2, -0.15) is 0 Å². The summed E-state index contributed by atoms with van der Waals surface area (Å²) in [5.41, 5.74) is 1.44. The van der Waals surface area contributed by atoms with Gasteiger partial charge in [0.1, 0.15) is 0 Å². The molecule has 0 saturated carbocycles. The molecule has 0 spiro atoms. The van der Waals surface area contributed by atoms with Crippen LogP contribution in [-0.2, 0) is 6.54 Å². The molecule has 2 saturated heterocycles. The molecule has 2 atom stereocenters. The van der Waals surface area contributed by atoms with Crippen LogP contribution in [0.3, 0.4) is 0 Å². The van der Waals surface area contributed by atoms with E-state index in [-0.39, 0.29) is 0 Å². The van der Waals surface area contributed by atoms with Crippen molar-refractivity contribution in [3.63, 3.8) is 0 Å². The molecule has 2 N–H and O–H groups in total. The fraction of sp³-hybridized carbons (Fsp3) is 0.714. The van der Waals surface area contributed by atoms with Crippen molar-refractivity contribution in [1.29, 1.82) is 0 Å². The lowest BCUT2D eigenvalue weighted by atomic mass is 9.99. The molecule has 1 aromatic rings. The van der Waals surface area contributed by atoms with Gasteiger partial charge >= 0.3 is 0 Å². The fourth-order valence-electron chi connectivity index (χ4n) is 4.30. The van der Waals surface area contributed by atoms with Crippen LogP contribution in [0.4, 0.5) is 0 Å². The minimum absolute atomic E-state index is 0.631. The summed E-state index contributed by atoms with van der Waals surface area (Å²) >= 11 is 0. The summed E-state index contributed by atoms with van der Waals surface area (Å²) in [7, 11) is 0. The molecule has 0 bridgehead atoms. The van der Waals surface area contributed by atoms with Gasteiger partial charge in [-0.25, -0.2) is 0 Å². The molecule has 2 aliphatic heterocycles. The van der Waals surface area contributed by atoms with E-state index in [9.17, 15) is 0 Å². The largest absolute Gasteiger partial charge is 0.314 e. The molecule has 0 aromatic heterocycles. The van der Waals surface area contributed by atoms with Gasteiger partial charge in [-0.1, -0.05) is 43.2 Å². The normalized spacial score (nSPS) is 25.3. The molecule has 2 heterocycles. The number of benzene rings is 1. The number of hydrogen-bond acceptors (Lipinski definition) is 3. The van der Waals surface area contributed by atoms with Crippen LogP contribution >= 0.6 is 0 Å². The number of piperidine rings is 1. The first-order valence-corrected chi connectivity index (χ1v) is 10.1. The van der Waals surface area contributed by atoms with Gasteiger partial charge in [-0.15, -0.1) is 0 Å². The highest BCUT2D eigenvalue weighted by Crippen LogP contribution is 2.17. The Morgan fingerprint density at radius 3 is 2.67 bits per heavy atom. The summed E-state index contributed by atoms with van der Waals surface area (Å²) in [6.45, 7) is 7.15. The predicted octanol–water partition coefficient (Wildman–Crippen LogP) is 3.55. The van der Waals surface area contributed by atoms with Crippen LogP contribution < -0.4 is 10.6 Å². The number of likely N-dealkylation sites (tertiary alicyclic amines) is 1. The van der Waals surface area contributed by atoms with Gasteiger partial charge in [0, 0.05) is 24.7 Å². The molecule has 2 aliphatic rings. The molecule has 3 nitrogen and oxygen atoms in total. The Morgan fingerprint density at radius 2 is 1.88 bits per heavy atom.